The Kier molecular flexibility index (Phi) is 28.3. The molecule has 1 aliphatic rings. The van der Waals surface area contributed by atoms with Gasteiger partial charge < -0.3 is 51.8 Å². The number of amides is 7. The van der Waals surface area contributed by atoms with Crippen LogP contribution < -0.4 is 26.6 Å². The van der Waals surface area contributed by atoms with E-state index in [2.05, 4.69) is 26.6 Å². The quantitative estimate of drug-likeness (QED) is 0.0597. The maximum absolute atomic E-state index is 12.8. The van der Waals surface area contributed by atoms with Crippen LogP contribution in [-0.4, -0.2) is 128 Å². The highest BCUT2D eigenvalue weighted by atomic mass is 16.7. The van der Waals surface area contributed by atoms with Gasteiger partial charge in [0.05, 0.1) is 18.7 Å². The van der Waals surface area contributed by atoms with Gasteiger partial charge in [-0.1, -0.05) is 51.5 Å². The monoisotopic (exact) mass is 930 g/mol. The fourth-order valence-corrected chi connectivity index (χ4v) is 4.98. The van der Waals surface area contributed by atoms with Crippen molar-refractivity contribution >= 4 is 71.2 Å². The van der Waals surface area contributed by atoms with Crippen molar-refractivity contribution in [2.24, 2.45) is 0 Å². The Balaban J connectivity index is 0.00000313. The van der Waals surface area contributed by atoms with E-state index in [1.54, 1.807) is 32.0 Å². The van der Waals surface area contributed by atoms with Crippen LogP contribution in [0.4, 0.5) is 0 Å². The lowest BCUT2D eigenvalue weighted by molar-refractivity contribution is -0.172. The summed E-state index contributed by atoms with van der Waals surface area (Å²) in [7, 11) is 0. The summed E-state index contributed by atoms with van der Waals surface area (Å²) in [6.45, 7) is 7.92. The molecular weight excluding hydrogens is 872 g/mol. The molecule has 0 aromatic heterocycles. The molecule has 23 nitrogen and oxygen atoms in total. The van der Waals surface area contributed by atoms with E-state index in [1.807, 2.05) is 26.8 Å². The molecule has 2 aromatic rings. The second-order valence-corrected chi connectivity index (χ2v) is 13.6. The third-order valence-corrected chi connectivity index (χ3v) is 8.40. The number of unbranched alkanes of at least 4 members (excludes halogenated alkanes) is 1. The Hall–Kier alpha value is -7.72. The number of benzene rings is 2. The van der Waals surface area contributed by atoms with Gasteiger partial charge in [0.2, 0.25) is 17.7 Å². The Morgan fingerprint density at radius 1 is 0.636 bits per heavy atom. The fraction of sp³-hybridized carbons (Fsp3) is 0.442. The van der Waals surface area contributed by atoms with Crippen LogP contribution in [0.3, 0.4) is 0 Å². The second kappa shape index (κ2) is 32.0. The molecule has 362 valence electrons. The standard InChI is InChI=1S/C35H40N6O13.2C3H6O2.C2H6/c1-20-6-4-7-21(16-20)31(48)36-15-3-2-10-25(34(51)52)40-27(43)19-38-33(50)24(11-14-30(46)47)39-26(42)18-37-32(49)22-8-5-9-23(17-22)35(53)54-41-28(44)12-13-29(41)45;2*1-2-3(4)5;1-2/h4-9,16-17,24-25H,2-3,10-15,18-19H2,1H3,(H,36,48)(H,37,49)(H,38,50)(H,39,42)(H,40,43)(H,46,47)(H,51,52);2*2H2,1H3,(H,4,5);1-2H3/t24-,25?;;;/m1.../s1. The number of nitrogens with one attached hydrogen (secondary N) is 5. The zero-order chi connectivity index (χ0) is 50.4. The minimum absolute atomic E-state index is 0.0212. The first-order valence-electron chi connectivity index (χ1n) is 20.7. The second-order valence-electron chi connectivity index (χ2n) is 13.6. The maximum atomic E-state index is 12.8. The van der Waals surface area contributed by atoms with Crippen LogP contribution in [0.2, 0.25) is 0 Å². The lowest BCUT2D eigenvalue weighted by Gasteiger charge is -2.19. The first-order chi connectivity index (χ1) is 31.2. The number of imide groups is 1. The van der Waals surface area contributed by atoms with Gasteiger partial charge in [-0.15, -0.1) is 5.06 Å². The van der Waals surface area contributed by atoms with E-state index >= 15 is 0 Å². The number of hydroxylamine groups is 2. The molecule has 0 aliphatic carbocycles. The summed E-state index contributed by atoms with van der Waals surface area (Å²) in [4.78, 5) is 145. The highest BCUT2D eigenvalue weighted by Gasteiger charge is 2.33. The van der Waals surface area contributed by atoms with E-state index in [4.69, 9.17) is 20.2 Å². The van der Waals surface area contributed by atoms with Gasteiger partial charge in [-0.2, -0.15) is 0 Å². The van der Waals surface area contributed by atoms with Gasteiger partial charge in [-0.3, -0.25) is 47.9 Å². The Bertz CT molecular complexity index is 2010. The van der Waals surface area contributed by atoms with E-state index in [1.165, 1.54) is 18.2 Å². The van der Waals surface area contributed by atoms with Gasteiger partial charge >= 0.3 is 29.8 Å². The first-order valence-corrected chi connectivity index (χ1v) is 20.7. The molecule has 1 aliphatic heterocycles. The molecule has 1 unspecified atom stereocenters. The number of aliphatic carboxylic acids is 4. The third-order valence-electron chi connectivity index (χ3n) is 8.40. The molecule has 0 radical (unpaired) electrons. The van der Waals surface area contributed by atoms with E-state index < -0.39 is 103 Å². The van der Waals surface area contributed by atoms with Crippen LogP contribution >= 0.6 is 0 Å². The number of carbonyl (C=O) groups is 12. The zero-order valence-electron chi connectivity index (χ0n) is 37.3. The lowest BCUT2D eigenvalue weighted by atomic mass is 10.1. The summed E-state index contributed by atoms with van der Waals surface area (Å²) in [5.74, 6) is -10.4. The number of carboxylic acid groups (broad SMARTS) is 4. The molecule has 0 bridgehead atoms. The largest absolute Gasteiger partial charge is 0.481 e. The van der Waals surface area contributed by atoms with E-state index in [-0.39, 0.29) is 55.7 Å². The topological polar surface area (TPSA) is 358 Å². The van der Waals surface area contributed by atoms with Gasteiger partial charge in [0.25, 0.3) is 23.6 Å². The van der Waals surface area contributed by atoms with Gasteiger partial charge in [0.1, 0.15) is 12.1 Å². The summed E-state index contributed by atoms with van der Waals surface area (Å²) in [5, 5.41) is 46.2. The molecule has 1 fully saturated rings. The summed E-state index contributed by atoms with van der Waals surface area (Å²) < 4.78 is 0. The fourth-order valence-electron chi connectivity index (χ4n) is 4.98. The predicted molar refractivity (Wildman–Crippen MR) is 231 cm³/mol. The van der Waals surface area contributed by atoms with Gasteiger partial charge in [0, 0.05) is 49.8 Å². The lowest BCUT2D eigenvalue weighted by Crippen LogP contribution is -2.52. The molecule has 1 saturated heterocycles. The highest BCUT2D eigenvalue weighted by Crippen LogP contribution is 2.15. The van der Waals surface area contributed by atoms with E-state index in [0.717, 1.165) is 11.6 Å². The van der Waals surface area contributed by atoms with Crippen LogP contribution in [-0.2, 0) is 48.0 Å². The number of hydrogen-bond acceptors (Lipinski definition) is 13. The molecule has 3 rings (SSSR count). The Morgan fingerprint density at radius 2 is 1.12 bits per heavy atom. The van der Waals surface area contributed by atoms with E-state index in [0.29, 0.717) is 23.5 Å². The number of aryl methyl sites for hydroxylation is 1. The van der Waals surface area contributed by atoms with Crippen molar-refractivity contribution in [1.82, 2.24) is 31.6 Å². The normalized spacial score (nSPS) is 12.0. The van der Waals surface area contributed by atoms with Gasteiger partial charge in [-0.25, -0.2) is 9.59 Å². The number of hydrogen-bond donors (Lipinski definition) is 9. The first kappa shape index (κ1) is 58.3. The molecule has 0 spiro atoms. The zero-order valence-corrected chi connectivity index (χ0v) is 37.3. The van der Waals surface area contributed by atoms with Crippen molar-refractivity contribution in [3.05, 3.63) is 70.8 Å². The van der Waals surface area contributed by atoms with Crippen molar-refractivity contribution in [3.8, 4) is 0 Å². The average molecular weight is 931 g/mol. The van der Waals surface area contributed by atoms with Gasteiger partial charge in [-0.05, 0) is 62.9 Å². The number of carbonyl (C=O) groups excluding carboxylic acids is 8. The minimum atomic E-state index is -1.46. The number of nitrogens with zero attached hydrogens (tertiary/aromatic N) is 1. The average Bonchev–Trinajstić information content (AvgIpc) is 3.61. The number of rotatable bonds is 22. The van der Waals surface area contributed by atoms with Crippen molar-refractivity contribution in [1.29, 1.82) is 0 Å². The number of carboxylic acids is 4. The SMILES string of the molecule is CC.CCC(=O)O.CCC(=O)O.Cc1cccc(C(=O)NCCCCC(NC(=O)CNC(=O)[C@@H](CCC(=O)O)NC(=O)CNC(=O)c2cccc(C(=O)ON3C(=O)CCC3=O)c2)C(=O)O)c1. The molecule has 2 aromatic carbocycles. The summed E-state index contributed by atoms with van der Waals surface area (Å²) in [6.07, 6.45) is 0.0451. The van der Waals surface area contributed by atoms with Crippen LogP contribution in [0.5, 0.6) is 0 Å². The Labute approximate surface area is 380 Å². The van der Waals surface area contributed by atoms with Crippen molar-refractivity contribution in [2.45, 2.75) is 104 Å². The van der Waals surface area contributed by atoms with Crippen LogP contribution in [0.25, 0.3) is 0 Å². The maximum Gasteiger partial charge on any atom is 0.363 e. The van der Waals surface area contributed by atoms with E-state index in [9.17, 15) is 62.6 Å². The smallest absolute Gasteiger partial charge is 0.363 e. The van der Waals surface area contributed by atoms with Crippen molar-refractivity contribution in [3.63, 3.8) is 0 Å². The minimum Gasteiger partial charge on any atom is -0.481 e. The predicted octanol–water partition coefficient (Wildman–Crippen LogP) is 1.57. The Morgan fingerprint density at radius 3 is 1.64 bits per heavy atom. The molecular formula is C43H58N6O17. The molecule has 2 atom stereocenters. The van der Waals surface area contributed by atoms with Crippen LogP contribution in [0.15, 0.2) is 48.5 Å². The summed E-state index contributed by atoms with van der Waals surface area (Å²) in [6, 6.07) is 9.21. The van der Waals surface area contributed by atoms with Crippen LogP contribution in [0, 0.1) is 6.92 Å². The molecule has 0 saturated carbocycles. The van der Waals surface area contributed by atoms with Crippen molar-refractivity contribution < 1.29 is 82.8 Å². The molecule has 66 heavy (non-hydrogen) atoms. The molecule has 7 amide bonds. The summed E-state index contributed by atoms with van der Waals surface area (Å²) >= 11 is 0. The van der Waals surface area contributed by atoms with Crippen LogP contribution in [0.1, 0.15) is 122 Å². The molecule has 23 heteroatoms. The molecule has 1 heterocycles. The third kappa shape index (κ3) is 24.2. The highest BCUT2D eigenvalue weighted by molar-refractivity contribution is 6.04. The molecule has 9 N–H and O–H groups in total. The summed E-state index contributed by atoms with van der Waals surface area (Å²) in [5.41, 5.74) is 1.13. The van der Waals surface area contributed by atoms with Gasteiger partial charge in [0.15, 0.2) is 0 Å². The van der Waals surface area contributed by atoms with Crippen molar-refractivity contribution in [2.75, 3.05) is 19.6 Å².